The molecule has 0 aromatic carbocycles. The first-order valence-corrected chi connectivity index (χ1v) is 6.81. The third-order valence-corrected chi connectivity index (χ3v) is 4.23. The lowest BCUT2D eigenvalue weighted by Gasteiger charge is -2.03. The number of nitrogens with zero attached hydrogens (tertiary/aromatic N) is 3. The van der Waals surface area contributed by atoms with Gasteiger partial charge >= 0.3 is 0 Å². The van der Waals surface area contributed by atoms with Gasteiger partial charge in [0.2, 0.25) is 10.6 Å². The molecule has 0 saturated heterocycles. The Hall–Kier alpha value is -1.54. The van der Waals surface area contributed by atoms with E-state index in [1.165, 1.54) is 29.2 Å². The van der Waals surface area contributed by atoms with Crippen molar-refractivity contribution in [3.8, 4) is 5.75 Å². The van der Waals surface area contributed by atoms with Gasteiger partial charge in [-0.2, -0.15) is 0 Å². The minimum Gasteiger partial charge on any atom is -0.502 e. The lowest BCUT2D eigenvalue weighted by Crippen LogP contribution is -2.07. The number of aromatic nitrogens is 2. The van der Waals surface area contributed by atoms with Gasteiger partial charge in [0.1, 0.15) is 12.0 Å². The van der Waals surface area contributed by atoms with Gasteiger partial charge in [0, 0.05) is 20.2 Å². The lowest BCUT2D eigenvalue weighted by atomic mass is 10.4. The summed E-state index contributed by atoms with van der Waals surface area (Å²) in [6, 6.07) is 1.27. The zero-order valence-electron chi connectivity index (χ0n) is 9.78. The molecule has 96 valence electrons. The molecule has 0 aliphatic rings. The number of thioether (sulfide) groups is 1. The van der Waals surface area contributed by atoms with Crippen LogP contribution in [-0.4, -0.2) is 29.4 Å². The normalized spacial score (nSPS) is 10.6. The molecule has 0 radical (unpaired) electrons. The topological polar surface area (TPSA) is 79.5 Å². The Morgan fingerprint density at radius 1 is 1.50 bits per heavy atom. The van der Waals surface area contributed by atoms with Gasteiger partial charge in [0.05, 0.1) is 5.75 Å². The van der Waals surface area contributed by atoms with Gasteiger partial charge in [-0.1, -0.05) is 23.1 Å². The van der Waals surface area contributed by atoms with Gasteiger partial charge in [0.15, 0.2) is 10.1 Å². The smallest absolute Gasteiger partial charge is 0.226 e. The third-order valence-electron chi connectivity index (χ3n) is 1.98. The number of hydrogen-bond donors (Lipinski definition) is 1. The van der Waals surface area contributed by atoms with E-state index in [-0.39, 0.29) is 5.75 Å². The van der Waals surface area contributed by atoms with Gasteiger partial charge < -0.3 is 14.4 Å². The predicted octanol–water partition coefficient (Wildman–Crippen LogP) is 1.56. The highest BCUT2D eigenvalue weighted by molar-refractivity contribution is 8.00. The van der Waals surface area contributed by atoms with Crippen LogP contribution in [-0.2, 0) is 5.75 Å². The minimum atomic E-state index is -0.442. The van der Waals surface area contributed by atoms with Crippen LogP contribution in [0.5, 0.6) is 5.75 Å². The summed E-state index contributed by atoms with van der Waals surface area (Å²) in [6.07, 6.45) is 1.05. The first kappa shape index (κ1) is 12.9. The van der Waals surface area contributed by atoms with Crippen molar-refractivity contribution in [2.24, 2.45) is 0 Å². The number of rotatable bonds is 4. The highest BCUT2D eigenvalue weighted by atomic mass is 32.2. The number of anilines is 1. The molecule has 0 atom stereocenters. The zero-order chi connectivity index (χ0) is 13.1. The van der Waals surface area contributed by atoms with Crippen molar-refractivity contribution in [1.29, 1.82) is 0 Å². The van der Waals surface area contributed by atoms with E-state index in [0.717, 1.165) is 15.7 Å². The zero-order valence-corrected chi connectivity index (χ0v) is 11.4. The van der Waals surface area contributed by atoms with Crippen molar-refractivity contribution < 1.29 is 9.52 Å². The maximum atomic E-state index is 11.2. The van der Waals surface area contributed by atoms with E-state index in [4.69, 9.17) is 9.52 Å². The summed E-state index contributed by atoms with van der Waals surface area (Å²) in [5, 5.41) is 17.9. The molecule has 0 saturated carbocycles. The Balaban J connectivity index is 2.02. The molecule has 0 spiro atoms. The van der Waals surface area contributed by atoms with Crippen molar-refractivity contribution in [3.05, 3.63) is 28.3 Å². The molecule has 2 rings (SSSR count). The van der Waals surface area contributed by atoms with Gasteiger partial charge in [-0.3, -0.25) is 4.79 Å². The Kier molecular flexibility index (Phi) is 3.87. The third kappa shape index (κ3) is 3.02. The maximum absolute atomic E-state index is 11.2. The van der Waals surface area contributed by atoms with Crippen LogP contribution in [0.4, 0.5) is 5.13 Å². The SMILES string of the molecule is CN(C)c1nnc(SCc2cc(=O)c(O)co2)s1. The first-order valence-electron chi connectivity index (χ1n) is 5.00. The van der Waals surface area contributed by atoms with Crippen LogP contribution >= 0.6 is 23.1 Å². The van der Waals surface area contributed by atoms with Crippen LogP contribution < -0.4 is 10.3 Å². The fourth-order valence-corrected chi connectivity index (χ4v) is 2.75. The molecule has 0 fully saturated rings. The summed E-state index contributed by atoms with van der Waals surface area (Å²) < 4.78 is 5.89. The Morgan fingerprint density at radius 3 is 2.89 bits per heavy atom. The van der Waals surface area contributed by atoms with Gasteiger partial charge in [-0.15, -0.1) is 10.2 Å². The predicted molar refractivity (Wildman–Crippen MR) is 70.4 cm³/mol. The summed E-state index contributed by atoms with van der Waals surface area (Å²) in [4.78, 5) is 13.1. The highest BCUT2D eigenvalue weighted by Crippen LogP contribution is 2.29. The quantitative estimate of drug-likeness (QED) is 0.854. The second-order valence-electron chi connectivity index (χ2n) is 3.63. The van der Waals surface area contributed by atoms with Crippen molar-refractivity contribution in [2.75, 3.05) is 19.0 Å². The average Bonchev–Trinajstić information content (AvgIpc) is 2.79. The second-order valence-corrected chi connectivity index (χ2v) is 5.81. The average molecular weight is 285 g/mol. The van der Waals surface area contributed by atoms with Crippen molar-refractivity contribution in [3.63, 3.8) is 0 Å². The molecule has 2 aromatic heterocycles. The van der Waals surface area contributed by atoms with E-state index < -0.39 is 5.43 Å². The summed E-state index contributed by atoms with van der Waals surface area (Å²) in [7, 11) is 3.79. The Morgan fingerprint density at radius 2 is 2.28 bits per heavy atom. The molecule has 0 amide bonds. The molecular formula is C10H11N3O3S2. The van der Waals surface area contributed by atoms with Crippen molar-refractivity contribution in [2.45, 2.75) is 10.1 Å². The van der Waals surface area contributed by atoms with Crippen LogP contribution in [0.1, 0.15) is 5.76 Å². The largest absolute Gasteiger partial charge is 0.502 e. The summed E-state index contributed by atoms with van der Waals surface area (Å²) in [5.74, 6) is 0.580. The fourth-order valence-electron chi connectivity index (χ4n) is 1.09. The maximum Gasteiger partial charge on any atom is 0.226 e. The second kappa shape index (κ2) is 5.40. The summed E-state index contributed by atoms with van der Waals surface area (Å²) in [5.41, 5.74) is -0.442. The minimum absolute atomic E-state index is 0.380. The lowest BCUT2D eigenvalue weighted by molar-refractivity contribution is 0.419. The Labute approximate surface area is 111 Å². The monoisotopic (exact) mass is 285 g/mol. The number of hydrogen-bond acceptors (Lipinski definition) is 8. The van der Waals surface area contributed by atoms with Gasteiger partial charge in [-0.25, -0.2) is 0 Å². The van der Waals surface area contributed by atoms with E-state index in [9.17, 15) is 4.79 Å². The first-order chi connectivity index (χ1) is 8.56. The van der Waals surface area contributed by atoms with E-state index in [2.05, 4.69) is 10.2 Å². The van der Waals surface area contributed by atoms with E-state index in [1.54, 1.807) is 0 Å². The van der Waals surface area contributed by atoms with Crippen molar-refractivity contribution in [1.82, 2.24) is 10.2 Å². The molecule has 8 heteroatoms. The molecule has 18 heavy (non-hydrogen) atoms. The molecule has 2 aromatic rings. The van der Waals surface area contributed by atoms with Crippen LogP contribution in [0.2, 0.25) is 0 Å². The molecule has 0 unspecified atom stereocenters. The van der Waals surface area contributed by atoms with Crippen LogP contribution in [0.25, 0.3) is 0 Å². The molecule has 6 nitrogen and oxygen atoms in total. The molecule has 1 N–H and O–H groups in total. The Bertz CT molecular complexity index is 594. The summed E-state index contributed by atoms with van der Waals surface area (Å²) >= 11 is 2.90. The fraction of sp³-hybridized carbons (Fsp3) is 0.300. The van der Waals surface area contributed by atoms with Crippen molar-refractivity contribution >= 4 is 28.2 Å². The van der Waals surface area contributed by atoms with Gasteiger partial charge in [0.25, 0.3) is 0 Å². The van der Waals surface area contributed by atoms with Gasteiger partial charge in [-0.05, 0) is 0 Å². The van der Waals surface area contributed by atoms with E-state index in [1.807, 2.05) is 19.0 Å². The summed E-state index contributed by atoms with van der Waals surface area (Å²) in [6.45, 7) is 0. The van der Waals surface area contributed by atoms with Crippen LogP contribution in [0, 0.1) is 0 Å². The standard InChI is InChI=1S/C10H11N3O3S2/c1-13(2)9-11-12-10(18-9)17-5-6-3-7(14)8(15)4-16-6/h3-4,15H,5H2,1-2H3. The van der Waals surface area contributed by atoms with Crippen LogP contribution in [0.3, 0.4) is 0 Å². The molecule has 0 bridgehead atoms. The van der Waals surface area contributed by atoms with E-state index in [0.29, 0.717) is 11.5 Å². The molecule has 2 heterocycles. The number of aromatic hydroxyl groups is 1. The molecule has 0 aliphatic carbocycles. The van der Waals surface area contributed by atoms with E-state index >= 15 is 0 Å². The molecular weight excluding hydrogens is 274 g/mol. The molecule has 0 aliphatic heterocycles. The highest BCUT2D eigenvalue weighted by Gasteiger charge is 2.08. The van der Waals surface area contributed by atoms with Crippen LogP contribution in [0.15, 0.2) is 25.9 Å².